The van der Waals surface area contributed by atoms with Gasteiger partial charge >= 0.3 is 0 Å². The lowest BCUT2D eigenvalue weighted by molar-refractivity contribution is -0.126. The second kappa shape index (κ2) is 12.1. The van der Waals surface area contributed by atoms with Crippen LogP contribution in [0.5, 0.6) is 0 Å². The van der Waals surface area contributed by atoms with Crippen molar-refractivity contribution in [1.82, 2.24) is 20.5 Å². The van der Waals surface area contributed by atoms with Crippen LogP contribution >= 0.6 is 24.8 Å². The molecule has 0 radical (unpaired) electrons. The average molecular weight is 377 g/mol. The van der Waals surface area contributed by atoms with Crippen molar-refractivity contribution in [3.05, 3.63) is 30.1 Å². The highest BCUT2D eigenvalue weighted by atomic mass is 35.5. The molecule has 1 aliphatic heterocycles. The van der Waals surface area contributed by atoms with Crippen molar-refractivity contribution < 1.29 is 9.59 Å². The number of halogens is 2. The Kier molecular flexibility index (Phi) is 11.4. The highest BCUT2D eigenvalue weighted by Gasteiger charge is 2.28. The van der Waals surface area contributed by atoms with Gasteiger partial charge in [-0.3, -0.25) is 14.6 Å². The smallest absolute Gasteiger partial charge is 0.253 e. The van der Waals surface area contributed by atoms with E-state index in [2.05, 4.69) is 15.6 Å². The Hall–Kier alpha value is -1.37. The molecule has 1 unspecified atom stereocenters. The Balaban J connectivity index is 0.00000264. The number of hydrogen-bond donors (Lipinski definition) is 2. The van der Waals surface area contributed by atoms with E-state index in [-0.39, 0.29) is 42.5 Å². The standard InChI is InChI=1S/C16H24N4O2.2ClH/c1-2-17-9-10-19-15(21)14-4-3-11-20(12-14)16(22)13-5-7-18-8-6-13;;/h5-8,14,17H,2-4,9-12H2,1H3,(H,19,21);2*1H. The predicted molar refractivity (Wildman–Crippen MR) is 98.9 cm³/mol. The number of amides is 2. The number of carbonyl (C=O) groups is 2. The van der Waals surface area contributed by atoms with Crippen LogP contribution in [-0.4, -0.2) is 54.4 Å². The second-order valence-electron chi connectivity index (χ2n) is 5.47. The molecule has 2 rings (SSSR count). The summed E-state index contributed by atoms with van der Waals surface area (Å²) < 4.78 is 0. The van der Waals surface area contributed by atoms with Gasteiger partial charge in [-0.15, -0.1) is 24.8 Å². The number of piperidine rings is 1. The third-order valence-corrected chi connectivity index (χ3v) is 3.86. The largest absolute Gasteiger partial charge is 0.355 e. The minimum Gasteiger partial charge on any atom is -0.355 e. The number of carbonyl (C=O) groups excluding carboxylic acids is 2. The average Bonchev–Trinajstić information content (AvgIpc) is 2.59. The first-order valence-electron chi connectivity index (χ1n) is 7.90. The summed E-state index contributed by atoms with van der Waals surface area (Å²) in [5.41, 5.74) is 0.628. The van der Waals surface area contributed by atoms with Crippen molar-refractivity contribution in [3.8, 4) is 0 Å². The minimum atomic E-state index is -0.110. The summed E-state index contributed by atoms with van der Waals surface area (Å²) in [6, 6.07) is 3.42. The zero-order valence-corrected chi connectivity index (χ0v) is 15.5. The molecule has 0 bridgehead atoms. The van der Waals surface area contributed by atoms with Crippen molar-refractivity contribution in [1.29, 1.82) is 0 Å². The molecule has 0 saturated carbocycles. The van der Waals surface area contributed by atoms with Crippen LogP contribution in [0.3, 0.4) is 0 Å². The van der Waals surface area contributed by atoms with E-state index in [0.29, 0.717) is 25.2 Å². The number of nitrogens with one attached hydrogen (secondary N) is 2. The Morgan fingerprint density at radius 3 is 2.62 bits per heavy atom. The summed E-state index contributed by atoms with van der Waals surface area (Å²) in [6.45, 7) is 5.53. The van der Waals surface area contributed by atoms with E-state index in [1.165, 1.54) is 0 Å². The molecular formula is C16H26Cl2N4O2. The predicted octanol–water partition coefficient (Wildman–Crippen LogP) is 1.50. The van der Waals surface area contributed by atoms with Gasteiger partial charge in [0.1, 0.15) is 0 Å². The normalized spacial score (nSPS) is 16.5. The van der Waals surface area contributed by atoms with E-state index in [1.54, 1.807) is 29.4 Å². The molecule has 0 aliphatic carbocycles. The van der Waals surface area contributed by atoms with Gasteiger partial charge in [-0.05, 0) is 31.5 Å². The lowest BCUT2D eigenvalue weighted by Gasteiger charge is -2.32. The minimum absolute atomic E-state index is 0. The molecule has 2 N–H and O–H groups in total. The fraction of sp³-hybridized carbons (Fsp3) is 0.562. The van der Waals surface area contributed by atoms with E-state index in [1.807, 2.05) is 6.92 Å². The van der Waals surface area contributed by atoms with E-state index in [9.17, 15) is 9.59 Å². The molecule has 24 heavy (non-hydrogen) atoms. The van der Waals surface area contributed by atoms with E-state index < -0.39 is 0 Å². The van der Waals surface area contributed by atoms with Crippen LogP contribution in [0.15, 0.2) is 24.5 Å². The molecule has 1 aromatic rings. The summed E-state index contributed by atoms with van der Waals surface area (Å²) >= 11 is 0. The van der Waals surface area contributed by atoms with Gasteiger partial charge in [-0.25, -0.2) is 0 Å². The highest BCUT2D eigenvalue weighted by Crippen LogP contribution is 2.18. The van der Waals surface area contributed by atoms with Gasteiger partial charge in [0.05, 0.1) is 5.92 Å². The second-order valence-corrected chi connectivity index (χ2v) is 5.47. The van der Waals surface area contributed by atoms with Crippen LogP contribution in [0.2, 0.25) is 0 Å². The quantitative estimate of drug-likeness (QED) is 0.737. The number of nitrogens with zero attached hydrogens (tertiary/aromatic N) is 2. The van der Waals surface area contributed by atoms with Crippen LogP contribution in [0.4, 0.5) is 0 Å². The van der Waals surface area contributed by atoms with Gasteiger partial charge in [-0.1, -0.05) is 6.92 Å². The molecule has 6 nitrogen and oxygen atoms in total. The Morgan fingerprint density at radius 1 is 1.25 bits per heavy atom. The molecule has 2 amide bonds. The first kappa shape index (κ1) is 22.6. The third-order valence-electron chi connectivity index (χ3n) is 3.86. The monoisotopic (exact) mass is 376 g/mol. The molecule has 1 fully saturated rings. The lowest BCUT2D eigenvalue weighted by Crippen LogP contribution is -2.46. The summed E-state index contributed by atoms with van der Waals surface area (Å²) in [5, 5.41) is 6.11. The Bertz CT molecular complexity index is 502. The topological polar surface area (TPSA) is 74.3 Å². The van der Waals surface area contributed by atoms with E-state index >= 15 is 0 Å². The molecule has 1 aromatic heterocycles. The van der Waals surface area contributed by atoms with Gasteiger partial charge in [-0.2, -0.15) is 0 Å². The molecule has 1 saturated heterocycles. The number of hydrogen-bond acceptors (Lipinski definition) is 4. The number of likely N-dealkylation sites (tertiary alicyclic amines) is 1. The SMILES string of the molecule is CCNCCNC(=O)C1CCCN(C(=O)c2ccncc2)C1.Cl.Cl. The van der Waals surface area contributed by atoms with Crippen LogP contribution < -0.4 is 10.6 Å². The van der Waals surface area contributed by atoms with Crippen molar-refractivity contribution in [2.24, 2.45) is 5.92 Å². The number of rotatable bonds is 6. The third kappa shape index (κ3) is 6.63. The number of likely N-dealkylation sites (N-methyl/N-ethyl adjacent to an activating group) is 1. The Labute approximate surface area is 155 Å². The zero-order valence-electron chi connectivity index (χ0n) is 13.9. The maximum Gasteiger partial charge on any atom is 0.253 e. The summed E-state index contributed by atoms with van der Waals surface area (Å²) in [7, 11) is 0. The van der Waals surface area contributed by atoms with Crippen LogP contribution in [-0.2, 0) is 4.79 Å². The van der Waals surface area contributed by atoms with E-state index in [4.69, 9.17) is 0 Å². The maximum atomic E-state index is 12.4. The Morgan fingerprint density at radius 2 is 1.96 bits per heavy atom. The van der Waals surface area contributed by atoms with Gasteiger partial charge in [0.2, 0.25) is 5.91 Å². The molecule has 1 atom stereocenters. The summed E-state index contributed by atoms with van der Waals surface area (Å²) in [4.78, 5) is 30.3. The first-order valence-corrected chi connectivity index (χ1v) is 7.90. The van der Waals surface area contributed by atoms with Gasteiger partial charge in [0.25, 0.3) is 5.91 Å². The van der Waals surface area contributed by atoms with Gasteiger partial charge in [0, 0.05) is 44.1 Å². The zero-order chi connectivity index (χ0) is 15.8. The van der Waals surface area contributed by atoms with Crippen molar-refractivity contribution in [2.75, 3.05) is 32.7 Å². The molecule has 0 spiro atoms. The highest BCUT2D eigenvalue weighted by molar-refractivity contribution is 5.94. The molecule has 0 aromatic carbocycles. The summed E-state index contributed by atoms with van der Waals surface area (Å²) in [5.74, 6) is -0.0844. The fourth-order valence-electron chi connectivity index (χ4n) is 2.65. The number of aromatic nitrogens is 1. The first-order chi connectivity index (χ1) is 10.7. The fourth-order valence-corrected chi connectivity index (χ4v) is 2.65. The maximum absolute atomic E-state index is 12.4. The van der Waals surface area contributed by atoms with Gasteiger partial charge < -0.3 is 15.5 Å². The van der Waals surface area contributed by atoms with Crippen LogP contribution in [0.25, 0.3) is 0 Å². The van der Waals surface area contributed by atoms with Crippen molar-refractivity contribution in [3.63, 3.8) is 0 Å². The van der Waals surface area contributed by atoms with Crippen molar-refractivity contribution >= 4 is 36.6 Å². The van der Waals surface area contributed by atoms with Crippen LogP contribution in [0, 0.1) is 5.92 Å². The summed E-state index contributed by atoms with van der Waals surface area (Å²) in [6.07, 6.45) is 4.93. The molecular weight excluding hydrogens is 351 g/mol. The van der Waals surface area contributed by atoms with Gasteiger partial charge in [0.15, 0.2) is 0 Å². The van der Waals surface area contributed by atoms with Crippen molar-refractivity contribution in [2.45, 2.75) is 19.8 Å². The van der Waals surface area contributed by atoms with E-state index in [0.717, 1.165) is 25.9 Å². The molecule has 2 heterocycles. The molecule has 136 valence electrons. The lowest BCUT2D eigenvalue weighted by atomic mass is 9.96. The van der Waals surface area contributed by atoms with Crippen LogP contribution in [0.1, 0.15) is 30.1 Å². The molecule has 8 heteroatoms. The molecule has 1 aliphatic rings. The number of pyridine rings is 1.